The molecule has 2 N–H and O–H groups in total. The molecule has 2 heterocycles. The van der Waals surface area contributed by atoms with E-state index >= 15 is 0 Å². The predicted octanol–water partition coefficient (Wildman–Crippen LogP) is 5.03. The van der Waals surface area contributed by atoms with Gasteiger partial charge in [-0.25, -0.2) is 14.5 Å². The van der Waals surface area contributed by atoms with Crippen LogP contribution in [0.2, 0.25) is 0 Å². The van der Waals surface area contributed by atoms with Crippen molar-refractivity contribution in [3.63, 3.8) is 0 Å². The van der Waals surface area contributed by atoms with Crippen molar-refractivity contribution < 1.29 is 19.6 Å². The van der Waals surface area contributed by atoms with Gasteiger partial charge in [-0.1, -0.05) is 30.3 Å². The molecule has 1 unspecified atom stereocenters. The normalized spacial score (nSPS) is 14.6. The number of nitrogens with zero attached hydrogens (tertiary/aromatic N) is 3. The number of rotatable bonds is 6. The van der Waals surface area contributed by atoms with Crippen LogP contribution in [0.1, 0.15) is 34.2 Å². The van der Waals surface area contributed by atoms with E-state index in [1.807, 2.05) is 30.3 Å². The summed E-state index contributed by atoms with van der Waals surface area (Å²) in [6.45, 7) is 0.536. The molecule has 0 amide bonds. The summed E-state index contributed by atoms with van der Waals surface area (Å²) >= 11 is 0. The molecular weight excluding hydrogens is 436 g/mol. The highest BCUT2D eigenvalue weighted by Gasteiger charge is 2.31. The Morgan fingerprint density at radius 1 is 1.03 bits per heavy atom. The molecule has 0 saturated heterocycles. The first-order valence-corrected chi connectivity index (χ1v) is 10.7. The Balaban J connectivity index is 1.50. The van der Waals surface area contributed by atoms with Gasteiger partial charge in [0.1, 0.15) is 23.0 Å². The van der Waals surface area contributed by atoms with E-state index in [1.165, 1.54) is 16.8 Å². The van der Waals surface area contributed by atoms with E-state index in [2.05, 4.69) is 5.43 Å². The first-order valence-electron chi connectivity index (χ1n) is 10.7. The number of fused-ring (bicyclic) bond motifs is 1. The van der Waals surface area contributed by atoms with E-state index in [-0.39, 0.29) is 17.3 Å². The van der Waals surface area contributed by atoms with Crippen LogP contribution in [0, 0.1) is 10.1 Å². The van der Waals surface area contributed by atoms with Gasteiger partial charge in [0.2, 0.25) is 0 Å². The zero-order valence-corrected chi connectivity index (χ0v) is 17.9. The molecule has 0 radical (unpaired) electrons. The van der Waals surface area contributed by atoms with Gasteiger partial charge in [-0.15, -0.1) is 0 Å². The number of para-hydroxylation sites is 1. The molecule has 1 aromatic heterocycles. The SMILES string of the molecule is O=C(O)c1c(-c2ccc(Oc3ccccc3)cc2)nc2n1NCCC2c1ccc([N+](=O)[O-])cc1. The van der Waals surface area contributed by atoms with Crippen LogP contribution < -0.4 is 10.2 Å². The predicted molar refractivity (Wildman–Crippen MR) is 125 cm³/mol. The van der Waals surface area contributed by atoms with Crippen molar-refractivity contribution in [2.75, 3.05) is 12.0 Å². The van der Waals surface area contributed by atoms with E-state index in [0.29, 0.717) is 41.5 Å². The van der Waals surface area contributed by atoms with E-state index in [9.17, 15) is 20.0 Å². The fourth-order valence-corrected chi connectivity index (χ4v) is 4.13. The molecule has 4 aromatic rings. The third-order valence-electron chi connectivity index (χ3n) is 5.73. The summed E-state index contributed by atoms with van der Waals surface area (Å²) in [7, 11) is 0. The number of non-ortho nitro benzene ring substituents is 1. The van der Waals surface area contributed by atoms with Crippen LogP contribution in [0.15, 0.2) is 78.9 Å². The van der Waals surface area contributed by atoms with Crippen LogP contribution in [0.4, 0.5) is 5.69 Å². The maximum absolute atomic E-state index is 12.2. The van der Waals surface area contributed by atoms with Crippen LogP contribution in [0.3, 0.4) is 0 Å². The van der Waals surface area contributed by atoms with Crippen molar-refractivity contribution in [2.24, 2.45) is 0 Å². The third-order valence-corrected chi connectivity index (χ3v) is 5.73. The van der Waals surface area contributed by atoms with Crippen LogP contribution in [0.5, 0.6) is 11.5 Å². The fraction of sp³-hybridized carbons (Fsp3) is 0.120. The van der Waals surface area contributed by atoms with Crippen LogP contribution in [-0.4, -0.2) is 32.2 Å². The lowest BCUT2D eigenvalue weighted by atomic mass is 9.94. The first kappa shape index (κ1) is 21.2. The quantitative estimate of drug-likeness (QED) is 0.308. The molecule has 0 fully saturated rings. The molecule has 1 atom stereocenters. The van der Waals surface area contributed by atoms with Crippen molar-refractivity contribution in [1.29, 1.82) is 0 Å². The zero-order valence-electron chi connectivity index (χ0n) is 17.9. The Labute approximate surface area is 194 Å². The number of nitrogens with one attached hydrogen (secondary N) is 1. The number of imidazole rings is 1. The molecule has 1 aliphatic rings. The van der Waals surface area contributed by atoms with Gasteiger partial charge in [0.15, 0.2) is 5.69 Å². The molecule has 3 aromatic carbocycles. The summed E-state index contributed by atoms with van der Waals surface area (Å²) in [4.78, 5) is 27.5. The largest absolute Gasteiger partial charge is 0.476 e. The molecule has 1 aliphatic heterocycles. The molecule has 9 heteroatoms. The van der Waals surface area contributed by atoms with Gasteiger partial charge in [-0.2, -0.15) is 0 Å². The highest BCUT2D eigenvalue weighted by atomic mass is 16.6. The van der Waals surface area contributed by atoms with Crippen LogP contribution in [-0.2, 0) is 0 Å². The Morgan fingerprint density at radius 3 is 2.35 bits per heavy atom. The minimum Gasteiger partial charge on any atom is -0.476 e. The monoisotopic (exact) mass is 456 g/mol. The number of hydrogen-bond acceptors (Lipinski definition) is 6. The number of carboxylic acids is 1. The molecule has 0 bridgehead atoms. The van der Waals surface area contributed by atoms with Crippen LogP contribution >= 0.6 is 0 Å². The number of carboxylic acid groups (broad SMARTS) is 1. The molecule has 0 saturated carbocycles. The Kier molecular flexibility index (Phi) is 5.43. The molecule has 170 valence electrons. The number of nitro benzene ring substituents is 1. The van der Waals surface area contributed by atoms with E-state index in [0.717, 1.165) is 5.56 Å². The number of hydrogen-bond donors (Lipinski definition) is 2. The van der Waals surface area contributed by atoms with E-state index < -0.39 is 10.9 Å². The zero-order chi connectivity index (χ0) is 23.7. The van der Waals surface area contributed by atoms with E-state index in [4.69, 9.17) is 9.72 Å². The van der Waals surface area contributed by atoms with Gasteiger partial charge in [0, 0.05) is 30.2 Å². The summed E-state index contributed by atoms with van der Waals surface area (Å²) in [5, 5.41) is 21.0. The molecule has 9 nitrogen and oxygen atoms in total. The highest BCUT2D eigenvalue weighted by Crippen LogP contribution is 2.35. The summed E-state index contributed by atoms with van der Waals surface area (Å²) in [5.74, 6) is 0.577. The Morgan fingerprint density at radius 2 is 1.71 bits per heavy atom. The fourth-order valence-electron chi connectivity index (χ4n) is 4.13. The van der Waals surface area contributed by atoms with Crippen molar-refractivity contribution in [3.8, 4) is 22.8 Å². The summed E-state index contributed by atoms with van der Waals surface area (Å²) in [6, 6.07) is 22.8. The van der Waals surface area contributed by atoms with Gasteiger partial charge >= 0.3 is 5.97 Å². The number of nitro groups is 1. The van der Waals surface area contributed by atoms with Crippen molar-refractivity contribution in [2.45, 2.75) is 12.3 Å². The lowest BCUT2D eigenvalue weighted by molar-refractivity contribution is -0.384. The van der Waals surface area contributed by atoms with Gasteiger partial charge in [-0.3, -0.25) is 10.1 Å². The number of aromatic carboxylic acids is 1. The van der Waals surface area contributed by atoms with Gasteiger partial charge in [0.25, 0.3) is 5.69 Å². The number of ether oxygens (including phenoxy) is 1. The molecule has 5 rings (SSSR count). The second-order valence-electron chi connectivity index (χ2n) is 7.85. The standard InChI is InChI=1S/C25H20N4O5/c30-25(31)23-22(17-8-12-20(13-9-17)34-19-4-2-1-3-5-19)27-24-21(14-15-26-28(23)24)16-6-10-18(11-7-16)29(32)33/h1-13,21,26H,14-15H2,(H,30,31). The summed E-state index contributed by atoms with van der Waals surface area (Å²) < 4.78 is 7.34. The minimum absolute atomic E-state index is 0.00533. The first-order chi connectivity index (χ1) is 16.5. The maximum Gasteiger partial charge on any atom is 0.356 e. The summed E-state index contributed by atoms with van der Waals surface area (Å²) in [5.41, 5.74) is 4.99. The Hall–Kier alpha value is -4.66. The van der Waals surface area contributed by atoms with Crippen LogP contribution in [0.25, 0.3) is 11.3 Å². The second-order valence-corrected chi connectivity index (χ2v) is 7.85. The number of benzene rings is 3. The number of carbonyl (C=O) groups is 1. The molecule has 0 aliphatic carbocycles. The van der Waals surface area contributed by atoms with E-state index in [1.54, 1.807) is 36.4 Å². The van der Waals surface area contributed by atoms with Gasteiger partial charge in [0.05, 0.1) is 4.92 Å². The van der Waals surface area contributed by atoms with Crippen molar-refractivity contribution in [1.82, 2.24) is 9.66 Å². The molecule has 34 heavy (non-hydrogen) atoms. The third kappa shape index (κ3) is 3.95. The Bertz CT molecular complexity index is 1350. The summed E-state index contributed by atoms with van der Waals surface area (Å²) in [6.07, 6.45) is 0.678. The second kappa shape index (κ2) is 8.70. The van der Waals surface area contributed by atoms with Crippen molar-refractivity contribution >= 4 is 11.7 Å². The van der Waals surface area contributed by atoms with Gasteiger partial charge < -0.3 is 15.3 Å². The average molecular weight is 456 g/mol. The topological polar surface area (TPSA) is 120 Å². The lowest BCUT2D eigenvalue weighted by Gasteiger charge is -2.25. The smallest absolute Gasteiger partial charge is 0.356 e. The minimum atomic E-state index is -1.10. The average Bonchev–Trinajstić information content (AvgIpc) is 3.25. The lowest BCUT2D eigenvalue weighted by Crippen LogP contribution is -2.30. The maximum atomic E-state index is 12.2. The highest BCUT2D eigenvalue weighted by molar-refractivity contribution is 5.93. The van der Waals surface area contributed by atoms with Gasteiger partial charge in [-0.05, 0) is 48.4 Å². The van der Waals surface area contributed by atoms with Crippen molar-refractivity contribution in [3.05, 3.63) is 106 Å². The number of aromatic nitrogens is 2. The molecular formula is C25H20N4O5. The molecule has 0 spiro atoms.